The van der Waals surface area contributed by atoms with Crippen molar-refractivity contribution in [3.63, 3.8) is 0 Å². The molecule has 2 unspecified atom stereocenters. The van der Waals surface area contributed by atoms with Crippen LogP contribution in [0.2, 0.25) is 5.02 Å². The number of nitrogen functional groups attached to an aromatic ring is 1. The highest BCUT2D eigenvalue weighted by Crippen LogP contribution is 2.26. The Balaban J connectivity index is 2.19. The van der Waals surface area contributed by atoms with Gasteiger partial charge in [-0.3, -0.25) is 0 Å². The van der Waals surface area contributed by atoms with Gasteiger partial charge in [-0.25, -0.2) is 13.1 Å². The first-order chi connectivity index (χ1) is 9.40. The van der Waals surface area contributed by atoms with Crippen molar-refractivity contribution in [1.82, 2.24) is 4.72 Å². The Kier molecular flexibility index (Phi) is 4.94. The van der Waals surface area contributed by atoms with E-state index in [1.54, 1.807) is 0 Å². The summed E-state index contributed by atoms with van der Waals surface area (Å²) in [7, 11) is -3.54. The minimum absolute atomic E-state index is 0.00108. The summed E-state index contributed by atoms with van der Waals surface area (Å²) >= 11 is 5.90. The van der Waals surface area contributed by atoms with E-state index < -0.39 is 10.0 Å². The van der Waals surface area contributed by atoms with E-state index in [9.17, 15) is 8.42 Å². The van der Waals surface area contributed by atoms with Crippen molar-refractivity contribution >= 4 is 27.3 Å². The number of sulfonamides is 1. The van der Waals surface area contributed by atoms with E-state index in [2.05, 4.69) is 11.6 Å². The molecule has 0 aliphatic heterocycles. The Bertz CT molecular complexity index is 575. The Morgan fingerprint density at radius 1 is 1.25 bits per heavy atom. The molecule has 2 rings (SSSR count). The monoisotopic (exact) mass is 316 g/mol. The molecule has 20 heavy (non-hydrogen) atoms. The average Bonchev–Trinajstić information content (AvgIpc) is 2.58. The molecule has 6 heteroatoms. The summed E-state index contributed by atoms with van der Waals surface area (Å²) in [4.78, 5) is 0.174. The lowest BCUT2D eigenvalue weighted by atomic mass is 9.98. The van der Waals surface area contributed by atoms with Crippen LogP contribution in [0.5, 0.6) is 0 Å². The summed E-state index contributed by atoms with van der Waals surface area (Å²) in [6, 6.07) is 4.41. The Morgan fingerprint density at radius 2 is 1.95 bits per heavy atom. The fraction of sp³-hybridized carbons (Fsp3) is 0.571. The van der Waals surface area contributed by atoms with E-state index in [0.717, 1.165) is 19.3 Å². The Hall–Kier alpha value is -0.780. The van der Waals surface area contributed by atoms with Gasteiger partial charge < -0.3 is 5.73 Å². The second-order valence-corrected chi connectivity index (χ2v) is 7.65. The van der Waals surface area contributed by atoms with Gasteiger partial charge in [0.15, 0.2) is 0 Å². The highest BCUT2D eigenvalue weighted by Gasteiger charge is 2.26. The molecule has 0 saturated heterocycles. The fourth-order valence-corrected chi connectivity index (χ4v) is 4.26. The first-order valence-electron chi connectivity index (χ1n) is 6.97. The van der Waals surface area contributed by atoms with E-state index in [1.807, 2.05) is 0 Å². The van der Waals surface area contributed by atoms with Crippen molar-refractivity contribution in [3.8, 4) is 0 Å². The van der Waals surface area contributed by atoms with Gasteiger partial charge in [0.2, 0.25) is 10.0 Å². The summed E-state index contributed by atoms with van der Waals surface area (Å²) in [5.41, 5.74) is 5.99. The molecule has 0 spiro atoms. The van der Waals surface area contributed by atoms with Crippen molar-refractivity contribution < 1.29 is 8.42 Å². The lowest BCUT2D eigenvalue weighted by Gasteiger charge is -2.22. The van der Waals surface area contributed by atoms with Crippen LogP contribution in [0, 0.1) is 5.92 Å². The van der Waals surface area contributed by atoms with Crippen LogP contribution in [0.25, 0.3) is 0 Å². The summed E-state index contributed by atoms with van der Waals surface area (Å²) in [6.07, 6.45) is 5.38. The zero-order valence-corrected chi connectivity index (χ0v) is 13.2. The zero-order chi connectivity index (χ0) is 14.8. The van der Waals surface area contributed by atoms with Gasteiger partial charge in [-0.15, -0.1) is 0 Å². The van der Waals surface area contributed by atoms with Gasteiger partial charge in [0.1, 0.15) is 0 Å². The average molecular weight is 317 g/mol. The predicted octanol–water partition coefficient (Wildman–Crippen LogP) is 3.17. The van der Waals surface area contributed by atoms with Crippen LogP contribution in [0.4, 0.5) is 5.69 Å². The van der Waals surface area contributed by atoms with Crippen molar-refractivity contribution in [2.24, 2.45) is 5.92 Å². The number of hydrogen-bond acceptors (Lipinski definition) is 3. The number of nitrogens with one attached hydrogen (secondary N) is 1. The predicted molar refractivity (Wildman–Crippen MR) is 82.2 cm³/mol. The second-order valence-electron chi connectivity index (χ2n) is 5.53. The van der Waals surface area contributed by atoms with Crippen LogP contribution in [0.1, 0.15) is 39.0 Å². The number of hydrogen-bond donors (Lipinski definition) is 2. The first kappa shape index (κ1) is 15.6. The van der Waals surface area contributed by atoms with Crippen LogP contribution in [-0.2, 0) is 10.0 Å². The molecule has 4 nitrogen and oxygen atoms in total. The number of nitrogens with two attached hydrogens (primary N) is 1. The van der Waals surface area contributed by atoms with Crippen LogP contribution in [0.3, 0.4) is 0 Å². The SMILES string of the molecule is CC1CCCCCC1NS(=O)(=O)c1ccc(N)c(Cl)c1. The van der Waals surface area contributed by atoms with Gasteiger partial charge in [0.25, 0.3) is 0 Å². The molecule has 1 aliphatic carbocycles. The third kappa shape index (κ3) is 3.65. The molecule has 3 N–H and O–H groups in total. The van der Waals surface area contributed by atoms with Crippen molar-refractivity contribution in [3.05, 3.63) is 23.2 Å². The minimum atomic E-state index is -3.54. The maximum Gasteiger partial charge on any atom is 0.240 e. The molecule has 1 saturated carbocycles. The first-order valence-corrected chi connectivity index (χ1v) is 8.83. The smallest absolute Gasteiger partial charge is 0.240 e. The van der Waals surface area contributed by atoms with E-state index in [-0.39, 0.29) is 16.0 Å². The number of halogens is 1. The highest BCUT2D eigenvalue weighted by molar-refractivity contribution is 7.89. The summed E-state index contributed by atoms with van der Waals surface area (Å²) in [6.45, 7) is 2.11. The van der Waals surface area contributed by atoms with E-state index >= 15 is 0 Å². The van der Waals surface area contributed by atoms with Crippen molar-refractivity contribution in [1.29, 1.82) is 0 Å². The number of anilines is 1. The zero-order valence-electron chi connectivity index (χ0n) is 11.6. The molecule has 0 heterocycles. The summed E-state index contributed by atoms with van der Waals surface area (Å²) < 4.78 is 27.6. The molecule has 0 radical (unpaired) electrons. The molecule has 1 aromatic carbocycles. The molecule has 1 fully saturated rings. The van der Waals surface area contributed by atoms with Gasteiger partial charge >= 0.3 is 0 Å². The van der Waals surface area contributed by atoms with Crippen molar-refractivity contribution in [2.75, 3.05) is 5.73 Å². The third-order valence-electron chi connectivity index (χ3n) is 3.95. The normalized spacial score (nSPS) is 24.3. The maximum absolute atomic E-state index is 12.4. The fourth-order valence-electron chi connectivity index (χ4n) is 2.61. The lowest BCUT2D eigenvalue weighted by Crippen LogP contribution is -2.38. The molecule has 1 aromatic rings. The largest absolute Gasteiger partial charge is 0.398 e. The summed E-state index contributed by atoms with van der Waals surface area (Å²) in [5, 5.41) is 0.266. The highest BCUT2D eigenvalue weighted by atomic mass is 35.5. The number of benzene rings is 1. The van der Waals surface area contributed by atoms with E-state index in [0.29, 0.717) is 11.6 Å². The second kappa shape index (κ2) is 6.33. The third-order valence-corrected chi connectivity index (χ3v) is 5.77. The molecule has 0 bridgehead atoms. The van der Waals surface area contributed by atoms with Crippen molar-refractivity contribution in [2.45, 2.75) is 50.0 Å². The maximum atomic E-state index is 12.4. The van der Waals surface area contributed by atoms with E-state index in [4.69, 9.17) is 17.3 Å². The molecule has 0 amide bonds. The van der Waals surface area contributed by atoms with Gasteiger partial charge in [-0.1, -0.05) is 37.8 Å². The molecular formula is C14H21ClN2O2S. The minimum Gasteiger partial charge on any atom is -0.398 e. The van der Waals surface area contributed by atoms with E-state index in [1.165, 1.54) is 31.0 Å². The lowest BCUT2D eigenvalue weighted by molar-refractivity contribution is 0.399. The Morgan fingerprint density at radius 3 is 2.65 bits per heavy atom. The molecule has 1 aliphatic rings. The Labute approximate surface area is 125 Å². The van der Waals surface area contributed by atoms with Crippen LogP contribution in [-0.4, -0.2) is 14.5 Å². The topological polar surface area (TPSA) is 72.2 Å². The molecular weight excluding hydrogens is 296 g/mol. The van der Waals surface area contributed by atoms with Crippen LogP contribution < -0.4 is 10.5 Å². The molecule has 112 valence electrons. The van der Waals surface area contributed by atoms with Gasteiger partial charge in [0.05, 0.1) is 15.6 Å². The van der Waals surface area contributed by atoms with Gasteiger partial charge in [-0.2, -0.15) is 0 Å². The number of rotatable bonds is 3. The summed E-state index contributed by atoms with van der Waals surface area (Å²) in [5.74, 6) is 0.358. The molecule has 2 atom stereocenters. The molecule has 0 aromatic heterocycles. The van der Waals surface area contributed by atoms with Gasteiger partial charge in [-0.05, 0) is 37.0 Å². The van der Waals surface area contributed by atoms with Crippen LogP contribution in [0.15, 0.2) is 23.1 Å². The van der Waals surface area contributed by atoms with Crippen LogP contribution >= 0.6 is 11.6 Å². The standard InChI is InChI=1S/C14H21ClN2O2S/c1-10-5-3-2-4-6-14(10)17-20(18,19)11-7-8-13(16)12(15)9-11/h7-10,14,17H,2-6,16H2,1H3. The van der Waals surface area contributed by atoms with Gasteiger partial charge in [0, 0.05) is 6.04 Å². The quantitative estimate of drug-likeness (QED) is 0.664.